The second-order valence-corrected chi connectivity index (χ2v) is 4.38. The summed E-state index contributed by atoms with van der Waals surface area (Å²) >= 11 is 3.31. The SMILES string of the molecule is CCCN(C)Cc1ccc(O)c(Br)c1. The maximum absolute atomic E-state index is 9.32. The molecule has 78 valence electrons. The van der Waals surface area contributed by atoms with Crippen LogP contribution in [-0.4, -0.2) is 23.6 Å². The third kappa shape index (κ3) is 3.31. The summed E-state index contributed by atoms with van der Waals surface area (Å²) in [5.41, 5.74) is 1.21. The Labute approximate surface area is 93.7 Å². The summed E-state index contributed by atoms with van der Waals surface area (Å²) in [6.07, 6.45) is 1.16. The first kappa shape index (κ1) is 11.5. The van der Waals surface area contributed by atoms with Gasteiger partial charge in [0.15, 0.2) is 0 Å². The van der Waals surface area contributed by atoms with Crippen molar-refractivity contribution in [3.05, 3.63) is 28.2 Å². The normalized spacial score (nSPS) is 10.9. The van der Waals surface area contributed by atoms with Crippen LogP contribution in [0.15, 0.2) is 22.7 Å². The maximum Gasteiger partial charge on any atom is 0.129 e. The van der Waals surface area contributed by atoms with Crippen LogP contribution < -0.4 is 0 Å². The molecule has 0 radical (unpaired) electrons. The van der Waals surface area contributed by atoms with Gasteiger partial charge in [-0.25, -0.2) is 0 Å². The molecule has 14 heavy (non-hydrogen) atoms. The lowest BCUT2D eigenvalue weighted by molar-refractivity contribution is 0.327. The first-order chi connectivity index (χ1) is 6.63. The fourth-order valence-corrected chi connectivity index (χ4v) is 1.85. The second-order valence-electron chi connectivity index (χ2n) is 3.52. The van der Waals surface area contributed by atoms with Crippen molar-refractivity contribution < 1.29 is 5.11 Å². The number of phenols is 1. The fourth-order valence-electron chi connectivity index (χ4n) is 1.42. The van der Waals surface area contributed by atoms with Crippen LogP contribution >= 0.6 is 15.9 Å². The lowest BCUT2D eigenvalue weighted by Gasteiger charge is -2.15. The zero-order chi connectivity index (χ0) is 10.6. The van der Waals surface area contributed by atoms with Gasteiger partial charge in [-0.2, -0.15) is 0 Å². The molecule has 0 amide bonds. The number of nitrogens with zero attached hydrogens (tertiary/aromatic N) is 1. The van der Waals surface area contributed by atoms with Crippen LogP contribution in [0.1, 0.15) is 18.9 Å². The van der Waals surface area contributed by atoms with Gasteiger partial charge in [0, 0.05) is 6.54 Å². The average Bonchev–Trinajstić information content (AvgIpc) is 2.12. The number of aromatic hydroxyl groups is 1. The summed E-state index contributed by atoms with van der Waals surface area (Å²) in [7, 11) is 2.10. The minimum Gasteiger partial charge on any atom is -0.507 e. The Morgan fingerprint density at radius 3 is 2.71 bits per heavy atom. The van der Waals surface area contributed by atoms with E-state index < -0.39 is 0 Å². The summed E-state index contributed by atoms with van der Waals surface area (Å²) in [4.78, 5) is 2.26. The van der Waals surface area contributed by atoms with Crippen molar-refractivity contribution in [1.29, 1.82) is 0 Å². The second kappa shape index (κ2) is 5.37. The molecule has 0 fully saturated rings. The predicted octanol–water partition coefficient (Wildman–Crippen LogP) is 3.00. The lowest BCUT2D eigenvalue weighted by Crippen LogP contribution is -2.18. The van der Waals surface area contributed by atoms with Gasteiger partial charge in [0.2, 0.25) is 0 Å². The van der Waals surface area contributed by atoms with E-state index in [9.17, 15) is 5.11 Å². The Hall–Kier alpha value is -0.540. The average molecular weight is 258 g/mol. The highest BCUT2D eigenvalue weighted by molar-refractivity contribution is 9.10. The van der Waals surface area contributed by atoms with Gasteiger partial charge in [0.1, 0.15) is 5.75 Å². The van der Waals surface area contributed by atoms with E-state index in [1.165, 1.54) is 5.56 Å². The molecule has 0 saturated heterocycles. The molecule has 0 spiro atoms. The summed E-state index contributed by atoms with van der Waals surface area (Å²) in [5, 5.41) is 9.32. The lowest BCUT2D eigenvalue weighted by atomic mass is 10.2. The van der Waals surface area contributed by atoms with Crippen molar-refractivity contribution in [2.45, 2.75) is 19.9 Å². The number of halogens is 1. The van der Waals surface area contributed by atoms with Crippen molar-refractivity contribution in [1.82, 2.24) is 4.90 Å². The van der Waals surface area contributed by atoms with Crippen molar-refractivity contribution in [3.63, 3.8) is 0 Å². The highest BCUT2D eigenvalue weighted by atomic mass is 79.9. The van der Waals surface area contributed by atoms with Crippen molar-refractivity contribution in [3.8, 4) is 5.75 Å². The molecule has 0 aliphatic carbocycles. The molecule has 1 aromatic carbocycles. The van der Waals surface area contributed by atoms with Gasteiger partial charge in [-0.05, 0) is 53.6 Å². The molecular weight excluding hydrogens is 242 g/mol. The van der Waals surface area contributed by atoms with Gasteiger partial charge in [-0.1, -0.05) is 13.0 Å². The van der Waals surface area contributed by atoms with Crippen molar-refractivity contribution in [2.75, 3.05) is 13.6 Å². The van der Waals surface area contributed by atoms with Gasteiger partial charge < -0.3 is 10.0 Å². The third-order valence-corrected chi connectivity index (χ3v) is 2.71. The molecule has 1 N–H and O–H groups in total. The van der Waals surface area contributed by atoms with Crippen LogP contribution in [0, 0.1) is 0 Å². The zero-order valence-electron chi connectivity index (χ0n) is 8.63. The van der Waals surface area contributed by atoms with Crippen LogP contribution in [0.25, 0.3) is 0 Å². The van der Waals surface area contributed by atoms with Gasteiger partial charge in [0.25, 0.3) is 0 Å². The number of hydrogen-bond donors (Lipinski definition) is 1. The summed E-state index contributed by atoms with van der Waals surface area (Å²) in [5.74, 6) is 0.298. The Kier molecular flexibility index (Phi) is 4.42. The number of phenolic OH excluding ortho intramolecular Hbond substituents is 1. The quantitative estimate of drug-likeness (QED) is 0.897. The molecule has 0 unspecified atom stereocenters. The van der Waals surface area contributed by atoms with E-state index in [2.05, 4.69) is 34.8 Å². The molecule has 0 aromatic heterocycles. The van der Waals surface area contributed by atoms with E-state index >= 15 is 0 Å². The summed E-state index contributed by atoms with van der Waals surface area (Å²) < 4.78 is 0.764. The van der Waals surface area contributed by atoms with Crippen LogP contribution in [-0.2, 0) is 6.54 Å². The fraction of sp³-hybridized carbons (Fsp3) is 0.455. The smallest absolute Gasteiger partial charge is 0.129 e. The number of rotatable bonds is 4. The molecule has 0 bridgehead atoms. The Morgan fingerprint density at radius 2 is 2.14 bits per heavy atom. The molecule has 0 atom stereocenters. The first-order valence-electron chi connectivity index (χ1n) is 4.79. The molecule has 1 rings (SSSR count). The maximum atomic E-state index is 9.32. The van der Waals surface area contributed by atoms with E-state index in [0.29, 0.717) is 5.75 Å². The van der Waals surface area contributed by atoms with Crippen LogP contribution in [0.2, 0.25) is 0 Å². The van der Waals surface area contributed by atoms with E-state index in [4.69, 9.17) is 0 Å². The highest BCUT2D eigenvalue weighted by Gasteiger charge is 2.02. The van der Waals surface area contributed by atoms with Crippen molar-refractivity contribution in [2.24, 2.45) is 0 Å². The highest BCUT2D eigenvalue weighted by Crippen LogP contribution is 2.24. The molecule has 0 saturated carbocycles. The van der Waals surface area contributed by atoms with Crippen LogP contribution in [0.4, 0.5) is 0 Å². The standard InChI is InChI=1S/C11H16BrNO/c1-3-6-13(2)8-9-4-5-11(14)10(12)7-9/h4-5,7,14H,3,6,8H2,1-2H3. The van der Waals surface area contributed by atoms with Crippen molar-refractivity contribution >= 4 is 15.9 Å². The molecule has 3 heteroatoms. The monoisotopic (exact) mass is 257 g/mol. The van der Waals surface area contributed by atoms with Gasteiger partial charge in [-0.3, -0.25) is 0 Å². The largest absolute Gasteiger partial charge is 0.507 e. The van der Waals surface area contributed by atoms with Gasteiger partial charge in [0.05, 0.1) is 4.47 Å². The number of benzene rings is 1. The summed E-state index contributed by atoms with van der Waals surface area (Å²) in [6.45, 7) is 4.19. The Morgan fingerprint density at radius 1 is 1.43 bits per heavy atom. The molecule has 0 aliphatic rings. The Bertz CT molecular complexity index is 301. The van der Waals surface area contributed by atoms with E-state index in [-0.39, 0.29) is 0 Å². The molecule has 1 aromatic rings. The van der Waals surface area contributed by atoms with Crippen LogP contribution in [0.3, 0.4) is 0 Å². The van der Waals surface area contributed by atoms with Gasteiger partial charge >= 0.3 is 0 Å². The zero-order valence-corrected chi connectivity index (χ0v) is 10.2. The molecule has 0 aliphatic heterocycles. The molecular formula is C11H16BrNO. The topological polar surface area (TPSA) is 23.5 Å². The van der Waals surface area contributed by atoms with Gasteiger partial charge in [-0.15, -0.1) is 0 Å². The van der Waals surface area contributed by atoms with E-state index in [0.717, 1.165) is 24.0 Å². The van der Waals surface area contributed by atoms with Crippen LogP contribution in [0.5, 0.6) is 5.75 Å². The summed E-state index contributed by atoms with van der Waals surface area (Å²) in [6, 6.07) is 5.63. The third-order valence-electron chi connectivity index (χ3n) is 2.07. The number of hydrogen-bond acceptors (Lipinski definition) is 2. The Balaban J connectivity index is 2.63. The predicted molar refractivity (Wildman–Crippen MR) is 62.4 cm³/mol. The first-order valence-corrected chi connectivity index (χ1v) is 5.58. The molecule has 0 heterocycles. The minimum atomic E-state index is 0.298. The van der Waals surface area contributed by atoms with E-state index in [1.54, 1.807) is 6.07 Å². The minimum absolute atomic E-state index is 0.298. The van der Waals surface area contributed by atoms with E-state index in [1.807, 2.05) is 12.1 Å². The molecule has 2 nitrogen and oxygen atoms in total.